The van der Waals surface area contributed by atoms with E-state index in [4.69, 9.17) is 4.42 Å². The first-order valence-electron chi connectivity index (χ1n) is 4.56. The molecule has 3 heteroatoms. The summed E-state index contributed by atoms with van der Waals surface area (Å²) in [5.41, 5.74) is 0.695. The third kappa shape index (κ3) is 1.52. The van der Waals surface area contributed by atoms with Gasteiger partial charge in [0.15, 0.2) is 5.78 Å². The van der Waals surface area contributed by atoms with Gasteiger partial charge in [-0.25, -0.2) is 0 Å². The molecule has 1 aromatic rings. The molecular weight excluding hydrogens is 166 g/mol. The summed E-state index contributed by atoms with van der Waals surface area (Å²) >= 11 is 0. The van der Waals surface area contributed by atoms with E-state index in [1.54, 1.807) is 12.3 Å². The average Bonchev–Trinajstić information content (AvgIpc) is 2.72. The Morgan fingerprint density at radius 3 is 3.00 bits per heavy atom. The van der Waals surface area contributed by atoms with Crippen molar-refractivity contribution in [3.63, 3.8) is 0 Å². The van der Waals surface area contributed by atoms with E-state index in [1.807, 2.05) is 0 Å². The van der Waals surface area contributed by atoms with E-state index < -0.39 is 0 Å². The highest BCUT2D eigenvalue weighted by molar-refractivity contribution is 5.98. The molecule has 0 amide bonds. The van der Waals surface area contributed by atoms with Crippen molar-refractivity contribution >= 4 is 5.78 Å². The highest BCUT2D eigenvalue weighted by atomic mass is 16.3. The van der Waals surface area contributed by atoms with Crippen molar-refractivity contribution in [3.8, 4) is 0 Å². The maximum atomic E-state index is 11.8. The van der Waals surface area contributed by atoms with Crippen LogP contribution < -0.4 is 5.32 Å². The van der Waals surface area contributed by atoms with E-state index in [9.17, 15) is 4.79 Å². The molecule has 1 fully saturated rings. The Kier molecular flexibility index (Phi) is 2.19. The zero-order valence-electron chi connectivity index (χ0n) is 7.62. The Labute approximate surface area is 77.1 Å². The molecule has 13 heavy (non-hydrogen) atoms. The molecule has 1 aliphatic heterocycles. The number of hydrogen-bond acceptors (Lipinski definition) is 3. The van der Waals surface area contributed by atoms with Crippen LogP contribution in [0.5, 0.6) is 0 Å². The van der Waals surface area contributed by atoms with Crippen LogP contribution in [0, 0.1) is 11.8 Å². The highest BCUT2D eigenvalue weighted by Gasteiger charge is 2.30. The second-order valence-electron chi connectivity index (χ2n) is 3.62. The summed E-state index contributed by atoms with van der Waals surface area (Å²) in [5, 5.41) is 3.21. The van der Waals surface area contributed by atoms with E-state index in [1.165, 1.54) is 6.26 Å². The van der Waals surface area contributed by atoms with Crippen LogP contribution in [-0.2, 0) is 0 Å². The summed E-state index contributed by atoms with van der Waals surface area (Å²) in [6.07, 6.45) is 3.06. The van der Waals surface area contributed by atoms with Crippen LogP contribution in [0.2, 0.25) is 0 Å². The number of carbonyl (C=O) groups excluding carboxylic acids is 1. The number of nitrogens with one attached hydrogen (secondary N) is 1. The molecule has 0 radical (unpaired) electrons. The van der Waals surface area contributed by atoms with Crippen LogP contribution >= 0.6 is 0 Å². The van der Waals surface area contributed by atoms with E-state index in [0.29, 0.717) is 11.5 Å². The fourth-order valence-electron chi connectivity index (χ4n) is 1.78. The maximum Gasteiger partial charge on any atom is 0.170 e. The number of Topliss-reactive ketones (excluding diaryl/α,β-unsaturated/α-hetero) is 1. The van der Waals surface area contributed by atoms with Crippen molar-refractivity contribution in [2.24, 2.45) is 11.8 Å². The van der Waals surface area contributed by atoms with Crippen LogP contribution in [0.25, 0.3) is 0 Å². The molecule has 0 bridgehead atoms. The van der Waals surface area contributed by atoms with Gasteiger partial charge in [-0.1, -0.05) is 6.92 Å². The molecule has 0 aromatic carbocycles. The molecule has 2 atom stereocenters. The van der Waals surface area contributed by atoms with E-state index >= 15 is 0 Å². The molecule has 0 spiro atoms. The lowest BCUT2D eigenvalue weighted by Crippen LogP contribution is -2.20. The number of carbonyl (C=O) groups is 1. The second-order valence-corrected chi connectivity index (χ2v) is 3.62. The van der Waals surface area contributed by atoms with Crippen LogP contribution in [0.15, 0.2) is 23.0 Å². The quantitative estimate of drug-likeness (QED) is 0.696. The van der Waals surface area contributed by atoms with E-state index in [2.05, 4.69) is 12.2 Å². The summed E-state index contributed by atoms with van der Waals surface area (Å²) in [6, 6.07) is 1.73. The lowest BCUT2D eigenvalue weighted by Gasteiger charge is -2.10. The Bertz CT molecular complexity index is 292. The number of hydrogen-bond donors (Lipinski definition) is 1. The zero-order chi connectivity index (χ0) is 9.26. The Morgan fingerprint density at radius 1 is 1.62 bits per heavy atom. The van der Waals surface area contributed by atoms with Gasteiger partial charge in [0.2, 0.25) is 0 Å². The molecule has 1 saturated heterocycles. The predicted octanol–water partition coefficient (Wildman–Crippen LogP) is 1.32. The van der Waals surface area contributed by atoms with E-state index in [0.717, 1.165) is 13.1 Å². The average molecular weight is 179 g/mol. The predicted molar refractivity (Wildman–Crippen MR) is 48.6 cm³/mol. The standard InChI is InChI=1S/C10H13NO2/c1-7-4-11-5-9(7)10(12)8-2-3-13-6-8/h2-3,6-7,9,11H,4-5H2,1H3. The minimum absolute atomic E-state index is 0.123. The first kappa shape index (κ1) is 8.51. The molecule has 2 heterocycles. The Hall–Kier alpha value is -1.09. The van der Waals surface area contributed by atoms with Gasteiger partial charge in [0, 0.05) is 12.5 Å². The minimum atomic E-state index is 0.123. The van der Waals surface area contributed by atoms with Crippen LogP contribution in [0.3, 0.4) is 0 Å². The zero-order valence-corrected chi connectivity index (χ0v) is 7.62. The molecule has 3 nitrogen and oxygen atoms in total. The molecule has 2 unspecified atom stereocenters. The fraction of sp³-hybridized carbons (Fsp3) is 0.500. The summed E-state index contributed by atoms with van der Waals surface area (Å²) in [6.45, 7) is 3.84. The van der Waals surface area contributed by atoms with Gasteiger partial charge in [0.1, 0.15) is 6.26 Å². The number of ketones is 1. The molecule has 1 aliphatic rings. The van der Waals surface area contributed by atoms with Gasteiger partial charge in [-0.2, -0.15) is 0 Å². The van der Waals surface area contributed by atoms with Gasteiger partial charge in [-0.15, -0.1) is 0 Å². The van der Waals surface area contributed by atoms with Crippen LogP contribution in [0.4, 0.5) is 0 Å². The van der Waals surface area contributed by atoms with Crippen molar-refractivity contribution in [2.45, 2.75) is 6.92 Å². The molecule has 2 rings (SSSR count). The first-order chi connectivity index (χ1) is 6.29. The topological polar surface area (TPSA) is 42.2 Å². The molecule has 70 valence electrons. The third-order valence-electron chi connectivity index (χ3n) is 2.66. The summed E-state index contributed by atoms with van der Waals surface area (Å²) < 4.78 is 4.89. The molecule has 1 N–H and O–H groups in total. The Balaban J connectivity index is 2.13. The Morgan fingerprint density at radius 2 is 2.46 bits per heavy atom. The SMILES string of the molecule is CC1CNCC1C(=O)c1ccoc1. The summed E-state index contributed by atoms with van der Waals surface area (Å²) in [7, 11) is 0. The highest BCUT2D eigenvalue weighted by Crippen LogP contribution is 2.20. The van der Waals surface area contributed by atoms with Gasteiger partial charge >= 0.3 is 0 Å². The first-order valence-corrected chi connectivity index (χ1v) is 4.56. The molecular formula is C10H13NO2. The van der Waals surface area contributed by atoms with Crippen molar-refractivity contribution in [1.82, 2.24) is 5.32 Å². The van der Waals surface area contributed by atoms with Crippen LogP contribution in [0.1, 0.15) is 17.3 Å². The van der Waals surface area contributed by atoms with Gasteiger partial charge in [0.05, 0.1) is 11.8 Å². The molecule has 1 aromatic heterocycles. The van der Waals surface area contributed by atoms with Gasteiger partial charge in [-0.3, -0.25) is 4.79 Å². The molecule has 0 saturated carbocycles. The monoisotopic (exact) mass is 179 g/mol. The summed E-state index contributed by atoms with van der Waals surface area (Å²) in [5.74, 6) is 0.756. The smallest absolute Gasteiger partial charge is 0.170 e. The van der Waals surface area contributed by atoms with Crippen molar-refractivity contribution in [2.75, 3.05) is 13.1 Å². The lowest BCUT2D eigenvalue weighted by molar-refractivity contribution is 0.0907. The number of furan rings is 1. The summed E-state index contributed by atoms with van der Waals surface area (Å²) in [4.78, 5) is 11.8. The molecule has 0 aliphatic carbocycles. The number of rotatable bonds is 2. The van der Waals surface area contributed by atoms with Crippen molar-refractivity contribution < 1.29 is 9.21 Å². The normalized spacial score (nSPS) is 27.8. The van der Waals surface area contributed by atoms with Crippen molar-refractivity contribution in [1.29, 1.82) is 0 Å². The van der Waals surface area contributed by atoms with Crippen molar-refractivity contribution in [3.05, 3.63) is 24.2 Å². The largest absolute Gasteiger partial charge is 0.472 e. The van der Waals surface area contributed by atoms with E-state index in [-0.39, 0.29) is 11.7 Å². The lowest BCUT2D eigenvalue weighted by atomic mass is 9.91. The minimum Gasteiger partial charge on any atom is -0.472 e. The van der Waals surface area contributed by atoms with Gasteiger partial charge in [0.25, 0.3) is 0 Å². The fourth-order valence-corrected chi connectivity index (χ4v) is 1.78. The van der Waals surface area contributed by atoms with Gasteiger partial charge in [-0.05, 0) is 18.5 Å². The van der Waals surface area contributed by atoms with Crippen LogP contribution in [-0.4, -0.2) is 18.9 Å². The third-order valence-corrected chi connectivity index (χ3v) is 2.66. The second kappa shape index (κ2) is 3.34. The maximum absolute atomic E-state index is 11.8. The van der Waals surface area contributed by atoms with Gasteiger partial charge < -0.3 is 9.73 Å².